The van der Waals surface area contributed by atoms with Crippen molar-refractivity contribution in [2.45, 2.75) is 55.6 Å². The second-order valence-corrected chi connectivity index (χ2v) is 5.49. The number of piperidine rings is 1. The number of rotatable bonds is 2. The Bertz CT molecular complexity index is 126. The third kappa shape index (κ3) is 2.40. The van der Waals surface area contributed by atoms with Crippen LogP contribution in [0.3, 0.4) is 0 Å². The van der Waals surface area contributed by atoms with Gasteiger partial charge in [-0.3, -0.25) is 0 Å². The van der Waals surface area contributed by atoms with E-state index in [1.165, 1.54) is 51.5 Å². The Labute approximate surface area is 79.7 Å². The van der Waals surface area contributed by atoms with Crippen LogP contribution in [0.2, 0.25) is 0 Å². The maximum Gasteiger partial charge on any atom is 0.0534 e. The fourth-order valence-corrected chi connectivity index (χ4v) is 3.78. The molecule has 1 N–H and O–H groups in total. The first-order valence-electron chi connectivity index (χ1n) is 5.34. The van der Waals surface area contributed by atoms with E-state index in [0.29, 0.717) is 0 Å². The average Bonchev–Trinajstić information content (AvgIpc) is 2.59. The molecule has 2 fully saturated rings. The molecule has 1 saturated carbocycles. The van der Waals surface area contributed by atoms with Crippen molar-refractivity contribution in [2.24, 2.45) is 0 Å². The van der Waals surface area contributed by atoms with Crippen molar-refractivity contribution in [3.05, 3.63) is 0 Å². The summed E-state index contributed by atoms with van der Waals surface area (Å²) >= 11 is 2.22. The number of thioether (sulfide) groups is 1. The molecule has 1 saturated heterocycles. The SMILES string of the molecule is C1CCC(SC2CCCC2)NC1. The maximum absolute atomic E-state index is 3.61. The molecule has 0 amide bonds. The Morgan fingerprint density at radius 1 is 0.917 bits per heavy atom. The highest BCUT2D eigenvalue weighted by Gasteiger charge is 2.21. The molecule has 2 rings (SSSR count). The van der Waals surface area contributed by atoms with Crippen LogP contribution in [-0.4, -0.2) is 17.2 Å². The zero-order valence-corrected chi connectivity index (χ0v) is 8.54. The van der Waals surface area contributed by atoms with Gasteiger partial charge in [0.1, 0.15) is 0 Å². The van der Waals surface area contributed by atoms with Crippen LogP contribution >= 0.6 is 11.8 Å². The molecule has 1 unspecified atom stereocenters. The second kappa shape index (κ2) is 4.52. The fraction of sp³-hybridized carbons (Fsp3) is 1.00. The molecule has 1 heterocycles. The topological polar surface area (TPSA) is 12.0 Å². The summed E-state index contributed by atoms with van der Waals surface area (Å²) in [5, 5.41) is 5.39. The van der Waals surface area contributed by atoms with Gasteiger partial charge in [0, 0.05) is 5.25 Å². The van der Waals surface area contributed by atoms with Gasteiger partial charge in [0.2, 0.25) is 0 Å². The van der Waals surface area contributed by atoms with Crippen molar-refractivity contribution in [1.82, 2.24) is 5.32 Å². The lowest BCUT2D eigenvalue weighted by molar-refractivity contribution is 0.490. The van der Waals surface area contributed by atoms with E-state index in [1.54, 1.807) is 0 Å². The van der Waals surface area contributed by atoms with E-state index in [2.05, 4.69) is 17.1 Å². The highest BCUT2D eigenvalue weighted by atomic mass is 32.2. The van der Waals surface area contributed by atoms with E-state index in [9.17, 15) is 0 Å². The van der Waals surface area contributed by atoms with Crippen molar-refractivity contribution in [3.63, 3.8) is 0 Å². The van der Waals surface area contributed by atoms with Gasteiger partial charge in [-0.05, 0) is 38.6 Å². The smallest absolute Gasteiger partial charge is 0.0534 e. The van der Waals surface area contributed by atoms with Gasteiger partial charge in [-0.2, -0.15) is 0 Å². The molecule has 0 radical (unpaired) electrons. The van der Waals surface area contributed by atoms with Crippen molar-refractivity contribution in [3.8, 4) is 0 Å². The zero-order chi connectivity index (χ0) is 8.23. The summed E-state index contributed by atoms with van der Waals surface area (Å²) in [5.74, 6) is 0. The molecule has 70 valence electrons. The number of hydrogen-bond acceptors (Lipinski definition) is 2. The van der Waals surface area contributed by atoms with Crippen molar-refractivity contribution < 1.29 is 0 Å². The van der Waals surface area contributed by atoms with Crippen molar-refractivity contribution >= 4 is 11.8 Å². The summed E-state index contributed by atoms with van der Waals surface area (Å²) in [7, 11) is 0. The van der Waals surface area contributed by atoms with Crippen LogP contribution in [0, 0.1) is 0 Å². The summed E-state index contributed by atoms with van der Waals surface area (Å²) in [6.45, 7) is 1.25. The lowest BCUT2D eigenvalue weighted by Gasteiger charge is -2.25. The average molecular weight is 185 g/mol. The van der Waals surface area contributed by atoms with Gasteiger partial charge < -0.3 is 5.32 Å². The molecular weight excluding hydrogens is 166 g/mol. The molecule has 0 bridgehead atoms. The molecule has 1 aliphatic carbocycles. The summed E-state index contributed by atoms with van der Waals surface area (Å²) in [6, 6.07) is 0. The molecule has 1 atom stereocenters. The molecule has 0 aromatic carbocycles. The van der Waals surface area contributed by atoms with Crippen LogP contribution in [-0.2, 0) is 0 Å². The lowest BCUT2D eigenvalue weighted by atomic mass is 10.2. The largest absolute Gasteiger partial charge is 0.305 e. The first kappa shape index (κ1) is 8.89. The Balaban J connectivity index is 1.69. The van der Waals surface area contributed by atoms with E-state index in [1.807, 2.05) is 0 Å². The van der Waals surface area contributed by atoms with E-state index in [0.717, 1.165) is 10.6 Å². The standard InChI is InChI=1S/C10H19NS/c1-2-6-9(5-1)12-10-7-3-4-8-11-10/h9-11H,1-8H2. The highest BCUT2D eigenvalue weighted by Crippen LogP contribution is 2.33. The predicted octanol–water partition coefficient (Wildman–Crippen LogP) is 2.76. The van der Waals surface area contributed by atoms with Gasteiger partial charge >= 0.3 is 0 Å². The predicted molar refractivity (Wildman–Crippen MR) is 55.5 cm³/mol. The third-order valence-electron chi connectivity index (χ3n) is 2.92. The molecular formula is C10H19NS. The quantitative estimate of drug-likeness (QED) is 0.710. The maximum atomic E-state index is 3.61. The van der Waals surface area contributed by atoms with Gasteiger partial charge in [0.05, 0.1) is 5.37 Å². The Hall–Kier alpha value is 0.310. The minimum atomic E-state index is 0.793. The Morgan fingerprint density at radius 3 is 2.33 bits per heavy atom. The Morgan fingerprint density at radius 2 is 1.67 bits per heavy atom. The molecule has 1 nitrogen and oxygen atoms in total. The molecule has 12 heavy (non-hydrogen) atoms. The van der Waals surface area contributed by atoms with E-state index >= 15 is 0 Å². The van der Waals surface area contributed by atoms with Crippen molar-refractivity contribution in [2.75, 3.05) is 6.54 Å². The van der Waals surface area contributed by atoms with E-state index in [4.69, 9.17) is 0 Å². The Kier molecular flexibility index (Phi) is 3.35. The summed E-state index contributed by atoms with van der Waals surface area (Å²) < 4.78 is 0. The van der Waals surface area contributed by atoms with Crippen LogP contribution in [0.25, 0.3) is 0 Å². The molecule has 0 aromatic rings. The van der Waals surface area contributed by atoms with Crippen LogP contribution < -0.4 is 5.32 Å². The van der Waals surface area contributed by atoms with Crippen LogP contribution in [0.1, 0.15) is 44.9 Å². The summed E-state index contributed by atoms with van der Waals surface area (Å²) in [4.78, 5) is 0. The first-order valence-corrected chi connectivity index (χ1v) is 6.28. The van der Waals surface area contributed by atoms with E-state index in [-0.39, 0.29) is 0 Å². The van der Waals surface area contributed by atoms with E-state index < -0.39 is 0 Å². The zero-order valence-electron chi connectivity index (χ0n) is 7.72. The number of nitrogens with one attached hydrogen (secondary N) is 1. The van der Waals surface area contributed by atoms with Gasteiger partial charge in [0.15, 0.2) is 0 Å². The molecule has 2 aliphatic rings. The number of hydrogen-bond donors (Lipinski definition) is 1. The van der Waals surface area contributed by atoms with Gasteiger partial charge in [0.25, 0.3) is 0 Å². The molecule has 0 aromatic heterocycles. The van der Waals surface area contributed by atoms with Gasteiger partial charge in [-0.15, -0.1) is 11.8 Å². The molecule has 2 heteroatoms. The third-order valence-corrected chi connectivity index (χ3v) is 4.51. The molecule has 0 spiro atoms. The van der Waals surface area contributed by atoms with Gasteiger partial charge in [-0.1, -0.05) is 12.8 Å². The highest BCUT2D eigenvalue weighted by molar-refractivity contribution is 8.00. The summed E-state index contributed by atoms with van der Waals surface area (Å²) in [6.07, 6.45) is 10.1. The summed E-state index contributed by atoms with van der Waals surface area (Å²) in [5.41, 5.74) is 0. The monoisotopic (exact) mass is 185 g/mol. The minimum absolute atomic E-state index is 0.793. The van der Waals surface area contributed by atoms with Crippen LogP contribution in [0.15, 0.2) is 0 Å². The van der Waals surface area contributed by atoms with Crippen LogP contribution in [0.4, 0.5) is 0 Å². The second-order valence-electron chi connectivity index (χ2n) is 3.98. The first-order chi connectivity index (χ1) is 5.95. The normalized spacial score (nSPS) is 32.5. The minimum Gasteiger partial charge on any atom is -0.305 e. The van der Waals surface area contributed by atoms with Crippen molar-refractivity contribution in [1.29, 1.82) is 0 Å². The van der Waals surface area contributed by atoms with Gasteiger partial charge in [-0.25, -0.2) is 0 Å². The van der Waals surface area contributed by atoms with Crippen LogP contribution in [0.5, 0.6) is 0 Å². The molecule has 1 aliphatic heterocycles. The lowest BCUT2D eigenvalue weighted by Crippen LogP contribution is -2.32. The fourth-order valence-electron chi connectivity index (χ4n) is 2.19.